The average molecular weight is 549 g/mol. The molecule has 0 radical (unpaired) electrons. The highest BCUT2D eigenvalue weighted by molar-refractivity contribution is 6.03. The topological polar surface area (TPSA) is 94.6 Å². The zero-order valence-corrected chi connectivity index (χ0v) is 21.4. The molecule has 1 fully saturated rings. The summed E-state index contributed by atoms with van der Waals surface area (Å²) in [4.78, 5) is 31.2. The first kappa shape index (κ1) is 27.1. The number of carbonyl (C=O) groups excluding carboxylic acids is 2. The standard InChI is InChI=1S/C30H27F3N4O3/c31-30(32,33)21-12-9-19(10-13-21)22(20-11-14-27(34-18-20)37-15-1-2-16-37)5-3-8-28(39)35-24-6-4-7-25-23(24)17-26(38)29(40)36-25/h3-14,18,26,38H,1-2,15-17H2,(H,35,39)(H,36,40). The van der Waals surface area contributed by atoms with Gasteiger partial charge in [-0.25, -0.2) is 4.98 Å². The molecule has 1 atom stereocenters. The van der Waals surface area contributed by atoms with Gasteiger partial charge in [-0.05, 0) is 60.4 Å². The van der Waals surface area contributed by atoms with E-state index in [1.54, 1.807) is 30.5 Å². The van der Waals surface area contributed by atoms with Gasteiger partial charge in [0, 0.05) is 54.3 Å². The first-order valence-corrected chi connectivity index (χ1v) is 12.9. The van der Waals surface area contributed by atoms with E-state index in [4.69, 9.17) is 0 Å². The third-order valence-corrected chi connectivity index (χ3v) is 6.91. The number of aliphatic hydroxyl groups excluding tert-OH is 1. The maximum Gasteiger partial charge on any atom is 0.416 e. The van der Waals surface area contributed by atoms with Crippen LogP contribution in [0.4, 0.5) is 30.4 Å². The van der Waals surface area contributed by atoms with Crippen molar-refractivity contribution in [1.29, 1.82) is 0 Å². The lowest BCUT2D eigenvalue weighted by Crippen LogP contribution is -2.34. The molecular formula is C30H27F3N4O3. The number of carbonyl (C=O) groups is 2. The minimum Gasteiger partial charge on any atom is -0.383 e. The van der Waals surface area contributed by atoms with Crippen molar-refractivity contribution in [3.63, 3.8) is 0 Å². The Kier molecular flexibility index (Phi) is 7.70. The van der Waals surface area contributed by atoms with Gasteiger partial charge in [0.1, 0.15) is 11.9 Å². The SMILES string of the molecule is O=C(C=CC=C(c1ccc(C(F)(F)F)cc1)c1ccc(N2CCCC2)nc1)Nc1cccc2c1CC(O)C(=O)N2. The van der Waals surface area contributed by atoms with Crippen molar-refractivity contribution in [2.45, 2.75) is 31.5 Å². The molecule has 0 spiro atoms. The number of nitrogens with zero attached hydrogens (tertiary/aromatic N) is 2. The quantitative estimate of drug-likeness (QED) is 0.292. The van der Waals surface area contributed by atoms with Crippen molar-refractivity contribution in [2.24, 2.45) is 0 Å². The number of halogens is 3. The van der Waals surface area contributed by atoms with Gasteiger partial charge in [-0.2, -0.15) is 13.2 Å². The van der Waals surface area contributed by atoms with Gasteiger partial charge < -0.3 is 20.6 Å². The van der Waals surface area contributed by atoms with Crippen molar-refractivity contribution in [1.82, 2.24) is 4.98 Å². The Morgan fingerprint density at radius 3 is 2.45 bits per heavy atom. The Bertz CT molecular complexity index is 1460. The normalized spacial score (nSPS) is 17.6. The van der Waals surface area contributed by atoms with Crippen LogP contribution in [-0.4, -0.2) is 41.1 Å². The average Bonchev–Trinajstić information content (AvgIpc) is 3.47. The van der Waals surface area contributed by atoms with Crippen molar-refractivity contribution in [3.05, 3.63) is 101 Å². The molecule has 2 amide bonds. The van der Waals surface area contributed by atoms with E-state index in [0.29, 0.717) is 33.6 Å². The summed E-state index contributed by atoms with van der Waals surface area (Å²) in [5.74, 6) is -0.111. The monoisotopic (exact) mass is 548 g/mol. The molecule has 7 nitrogen and oxygen atoms in total. The highest BCUT2D eigenvalue weighted by Crippen LogP contribution is 2.32. The summed E-state index contributed by atoms with van der Waals surface area (Å²) in [5, 5.41) is 15.3. The van der Waals surface area contributed by atoms with Gasteiger partial charge in [0.2, 0.25) is 5.91 Å². The number of rotatable bonds is 6. The molecule has 1 aromatic heterocycles. The Balaban J connectivity index is 1.39. The Morgan fingerprint density at radius 2 is 1.77 bits per heavy atom. The van der Waals surface area contributed by atoms with Crippen molar-refractivity contribution < 1.29 is 27.9 Å². The smallest absolute Gasteiger partial charge is 0.383 e. The number of alkyl halides is 3. The van der Waals surface area contributed by atoms with E-state index in [1.807, 2.05) is 12.1 Å². The number of anilines is 3. The molecule has 5 rings (SSSR count). The molecule has 10 heteroatoms. The highest BCUT2D eigenvalue weighted by atomic mass is 19.4. The molecule has 206 valence electrons. The Hall–Kier alpha value is -4.44. The van der Waals surface area contributed by atoms with Crippen LogP contribution >= 0.6 is 0 Å². The largest absolute Gasteiger partial charge is 0.416 e. The summed E-state index contributed by atoms with van der Waals surface area (Å²) in [6.45, 7) is 1.86. The number of hydrogen-bond acceptors (Lipinski definition) is 5. The van der Waals surface area contributed by atoms with E-state index in [-0.39, 0.29) is 6.42 Å². The van der Waals surface area contributed by atoms with Crippen LogP contribution in [0, 0.1) is 0 Å². The minimum absolute atomic E-state index is 0.0692. The molecule has 2 aliphatic rings. The van der Waals surface area contributed by atoms with E-state index in [1.165, 1.54) is 24.3 Å². The predicted molar refractivity (Wildman–Crippen MR) is 147 cm³/mol. The maximum atomic E-state index is 13.1. The highest BCUT2D eigenvalue weighted by Gasteiger charge is 2.30. The molecule has 3 aromatic rings. The van der Waals surface area contributed by atoms with Crippen molar-refractivity contribution in [3.8, 4) is 0 Å². The fraction of sp³-hybridized carbons (Fsp3) is 0.233. The second kappa shape index (κ2) is 11.4. The fourth-order valence-electron chi connectivity index (χ4n) is 4.83. The third kappa shape index (κ3) is 6.07. The molecular weight excluding hydrogens is 521 g/mol. The summed E-state index contributed by atoms with van der Waals surface area (Å²) >= 11 is 0. The molecule has 40 heavy (non-hydrogen) atoms. The van der Waals surface area contributed by atoms with Crippen molar-refractivity contribution in [2.75, 3.05) is 28.6 Å². The van der Waals surface area contributed by atoms with Crippen LogP contribution in [0.1, 0.15) is 35.1 Å². The van der Waals surface area contributed by atoms with Crippen LogP contribution < -0.4 is 15.5 Å². The van der Waals surface area contributed by atoms with Gasteiger partial charge >= 0.3 is 6.18 Å². The molecule has 0 aliphatic carbocycles. The van der Waals surface area contributed by atoms with Gasteiger partial charge in [0.05, 0.1) is 5.56 Å². The number of nitrogens with one attached hydrogen (secondary N) is 2. The number of amides is 2. The number of allylic oxidation sites excluding steroid dienone is 2. The number of aromatic nitrogens is 1. The molecule has 3 heterocycles. The summed E-state index contributed by atoms with van der Waals surface area (Å²) < 4.78 is 39.4. The second-order valence-corrected chi connectivity index (χ2v) is 9.64. The fourth-order valence-corrected chi connectivity index (χ4v) is 4.83. The van der Waals surface area contributed by atoms with Crippen LogP contribution in [0.5, 0.6) is 0 Å². The number of aliphatic hydroxyl groups is 1. The van der Waals surface area contributed by atoms with Crippen molar-refractivity contribution >= 4 is 34.6 Å². The third-order valence-electron chi connectivity index (χ3n) is 6.91. The summed E-state index contributed by atoms with van der Waals surface area (Å²) in [6.07, 6.45) is 2.77. The molecule has 1 saturated heterocycles. The number of fused-ring (bicyclic) bond motifs is 1. The lowest BCUT2D eigenvalue weighted by atomic mass is 9.97. The summed E-state index contributed by atoms with van der Waals surface area (Å²) in [6, 6.07) is 13.6. The van der Waals surface area contributed by atoms with Gasteiger partial charge in [-0.15, -0.1) is 0 Å². The van der Waals surface area contributed by atoms with Crippen LogP contribution in [0.25, 0.3) is 5.57 Å². The van der Waals surface area contributed by atoms with E-state index >= 15 is 0 Å². The lowest BCUT2D eigenvalue weighted by Gasteiger charge is -2.23. The van der Waals surface area contributed by atoms with Gasteiger partial charge in [-0.1, -0.05) is 30.4 Å². The maximum absolute atomic E-state index is 13.1. The van der Waals surface area contributed by atoms with E-state index in [2.05, 4.69) is 20.5 Å². The molecule has 2 aromatic carbocycles. The van der Waals surface area contributed by atoms with Crippen LogP contribution in [0.15, 0.2) is 79.0 Å². The van der Waals surface area contributed by atoms with E-state index in [0.717, 1.165) is 43.9 Å². The Labute approximate surface area is 229 Å². The molecule has 2 aliphatic heterocycles. The molecule has 0 bridgehead atoms. The van der Waals surface area contributed by atoms with E-state index in [9.17, 15) is 27.9 Å². The zero-order chi connectivity index (χ0) is 28.3. The van der Waals surface area contributed by atoms with Gasteiger partial charge in [-0.3, -0.25) is 9.59 Å². The van der Waals surface area contributed by atoms with Crippen LogP contribution in [0.3, 0.4) is 0 Å². The first-order valence-electron chi connectivity index (χ1n) is 12.9. The number of benzene rings is 2. The first-order chi connectivity index (χ1) is 19.2. The summed E-state index contributed by atoms with van der Waals surface area (Å²) in [7, 11) is 0. The Morgan fingerprint density at radius 1 is 1.05 bits per heavy atom. The summed E-state index contributed by atoms with van der Waals surface area (Å²) in [5.41, 5.74) is 2.67. The number of hydrogen-bond donors (Lipinski definition) is 3. The molecule has 1 unspecified atom stereocenters. The number of pyridine rings is 1. The predicted octanol–water partition coefficient (Wildman–Crippen LogP) is 5.18. The minimum atomic E-state index is -4.45. The lowest BCUT2D eigenvalue weighted by molar-refractivity contribution is -0.137. The molecule has 0 saturated carbocycles. The van der Waals surface area contributed by atoms with Crippen LogP contribution in [0.2, 0.25) is 0 Å². The second-order valence-electron chi connectivity index (χ2n) is 9.64. The van der Waals surface area contributed by atoms with Gasteiger partial charge in [0.25, 0.3) is 5.91 Å². The zero-order valence-electron chi connectivity index (χ0n) is 21.4. The molecule has 3 N–H and O–H groups in total. The van der Waals surface area contributed by atoms with Gasteiger partial charge in [0.15, 0.2) is 0 Å². The van der Waals surface area contributed by atoms with Crippen LogP contribution in [-0.2, 0) is 22.2 Å². The van der Waals surface area contributed by atoms with E-state index < -0.39 is 29.7 Å².